The van der Waals surface area contributed by atoms with Gasteiger partial charge in [0.2, 0.25) is 0 Å². The number of benzene rings is 1. The van der Waals surface area contributed by atoms with Gasteiger partial charge in [-0.15, -0.1) is 0 Å². The lowest BCUT2D eigenvalue weighted by Gasteiger charge is -2.32. The molecular formula is C19H23N3O7. The first-order valence-corrected chi connectivity index (χ1v) is 9.26. The fraction of sp³-hybridized carbons (Fsp3) is 0.474. The van der Waals surface area contributed by atoms with E-state index in [0.29, 0.717) is 11.4 Å². The van der Waals surface area contributed by atoms with Gasteiger partial charge in [0.15, 0.2) is 0 Å². The summed E-state index contributed by atoms with van der Waals surface area (Å²) in [4.78, 5) is 39.2. The number of nitrogens with zero attached hydrogens (tertiary/aromatic N) is 3. The molecule has 1 fully saturated rings. The second-order valence-electron chi connectivity index (χ2n) is 6.69. The SMILES string of the molecule is COC(=O)C1=C(C(=O)OC)N(c2ccc(N3CCCCC3)c([N+](=O)[O-])c2)COC1. The van der Waals surface area contributed by atoms with Crippen LogP contribution in [0, 0.1) is 10.1 Å². The molecule has 3 rings (SSSR count). The van der Waals surface area contributed by atoms with E-state index in [-0.39, 0.29) is 30.3 Å². The highest BCUT2D eigenvalue weighted by Gasteiger charge is 2.33. The Kier molecular flexibility index (Phi) is 6.32. The minimum absolute atomic E-state index is 0.00615. The maximum atomic E-state index is 12.4. The van der Waals surface area contributed by atoms with Gasteiger partial charge in [-0.1, -0.05) is 0 Å². The van der Waals surface area contributed by atoms with Crippen LogP contribution in [0.25, 0.3) is 0 Å². The molecule has 2 aliphatic heterocycles. The van der Waals surface area contributed by atoms with Crippen molar-refractivity contribution in [3.63, 3.8) is 0 Å². The summed E-state index contributed by atoms with van der Waals surface area (Å²) in [5.41, 5.74) is 0.755. The zero-order chi connectivity index (χ0) is 21.0. The Balaban J connectivity index is 2.06. The molecule has 156 valence electrons. The molecular weight excluding hydrogens is 382 g/mol. The molecule has 0 radical (unpaired) electrons. The Morgan fingerprint density at radius 3 is 2.41 bits per heavy atom. The van der Waals surface area contributed by atoms with E-state index in [9.17, 15) is 19.7 Å². The first-order valence-electron chi connectivity index (χ1n) is 9.26. The van der Waals surface area contributed by atoms with E-state index >= 15 is 0 Å². The highest BCUT2D eigenvalue weighted by Crippen LogP contribution is 2.36. The predicted molar refractivity (Wildman–Crippen MR) is 104 cm³/mol. The number of hydrogen-bond acceptors (Lipinski definition) is 9. The molecule has 10 heteroatoms. The molecule has 1 aromatic rings. The Morgan fingerprint density at radius 2 is 1.79 bits per heavy atom. The van der Waals surface area contributed by atoms with E-state index in [1.54, 1.807) is 12.1 Å². The van der Waals surface area contributed by atoms with Gasteiger partial charge in [-0.25, -0.2) is 9.59 Å². The van der Waals surface area contributed by atoms with Crippen molar-refractivity contribution < 1.29 is 28.7 Å². The van der Waals surface area contributed by atoms with Gasteiger partial charge in [0, 0.05) is 19.2 Å². The summed E-state index contributed by atoms with van der Waals surface area (Å²) in [5.74, 6) is -1.48. The number of carbonyl (C=O) groups is 2. The van der Waals surface area contributed by atoms with Crippen molar-refractivity contribution in [3.05, 3.63) is 39.6 Å². The van der Waals surface area contributed by atoms with E-state index in [0.717, 1.165) is 32.4 Å². The lowest BCUT2D eigenvalue weighted by atomic mass is 10.1. The summed E-state index contributed by atoms with van der Waals surface area (Å²) in [6.45, 7) is 1.33. The monoisotopic (exact) mass is 405 g/mol. The highest BCUT2D eigenvalue weighted by molar-refractivity contribution is 6.03. The molecule has 0 saturated carbocycles. The largest absolute Gasteiger partial charge is 0.466 e. The standard InChI is InChI=1S/C19H23N3O7/c1-27-18(23)14-11-29-12-21(17(14)19(24)28-2)13-6-7-15(16(10-13)22(25)26)20-8-4-3-5-9-20/h6-7,10H,3-5,8-9,11-12H2,1-2H3. The van der Waals surface area contributed by atoms with Crippen LogP contribution in [0.15, 0.2) is 29.5 Å². The maximum Gasteiger partial charge on any atom is 0.355 e. The van der Waals surface area contributed by atoms with Gasteiger partial charge in [-0.3, -0.25) is 10.1 Å². The van der Waals surface area contributed by atoms with E-state index in [2.05, 4.69) is 0 Å². The van der Waals surface area contributed by atoms with Gasteiger partial charge < -0.3 is 24.0 Å². The van der Waals surface area contributed by atoms with Gasteiger partial charge in [0.25, 0.3) is 5.69 Å². The van der Waals surface area contributed by atoms with Gasteiger partial charge in [0.1, 0.15) is 18.1 Å². The van der Waals surface area contributed by atoms with Crippen molar-refractivity contribution in [2.45, 2.75) is 19.3 Å². The van der Waals surface area contributed by atoms with Crippen LogP contribution in [0.4, 0.5) is 17.1 Å². The first kappa shape index (κ1) is 20.6. The highest BCUT2D eigenvalue weighted by atomic mass is 16.6. The number of nitro groups is 1. The van der Waals surface area contributed by atoms with Crippen molar-refractivity contribution in [2.75, 3.05) is 50.4 Å². The molecule has 0 bridgehead atoms. The van der Waals surface area contributed by atoms with Crippen LogP contribution in [0.2, 0.25) is 0 Å². The number of nitro benzene ring substituents is 1. The third-order valence-electron chi connectivity index (χ3n) is 5.00. The minimum Gasteiger partial charge on any atom is -0.466 e. The molecule has 10 nitrogen and oxygen atoms in total. The molecule has 1 saturated heterocycles. The topological polar surface area (TPSA) is 111 Å². The van der Waals surface area contributed by atoms with E-state index in [4.69, 9.17) is 14.2 Å². The molecule has 29 heavy (non-hydrogen) atoms. The van der Waals surface area contributed by atoms with E-state index in [1.807, 2.05) is 4.90 Å². The first-order chi connectivity index (χ1) is 14.0. The Hall–Kier alpha value is -3.14. The van der Waals surface area contributed by atoms with Crippen molar-refractivity contribution in [2.24, 2.45) is 0 Å². The van der Waals surface area contributed by atoms with Gasteiger partial charge in [0.05, 0.1) is 37.0 Å². The third-order valence-corrected chi connectivity index (χ3v) is 5.00. The zero-order valence-corrected chi connectivity index (χ0v) is 16.4. The molecule has 2 heterocycles. The summed E-state index contributed by atoms with van der Waals surface area (Å²) < 4.78 is 15.0. The van der Waals surface area contributed by atoms with Crippen LogP contribution in [0.1, 0.15) is 19.3 Å². The number of piperidine rings is 1. The molecule has 1 aromatic carbocycles. The number of ether oxygens (including phenoxy) is 3. The Morgan fingerprint density at radius 1 is 1.10 bits per heavy atom. The number of methoxy groups -OCH3 is 2. The third kappa shape index (κ3) is 4.16. The molecule has 0 N–H and O–H groups in total. The van der Waals surface area contributed by atoms with Gasteiger partial charge >= 0.3 is 11.9 Å². The van der Waals surface area contributed by atoms with E-state index < -0.39 is 16.9 Å². The molecule has 0 amide bonds. The number of rotatable bonds is 5. The summed E-state index contributed by atoms with van der Waals surface area (Å²) in [7, 11) is 2.39. The smallest absolute Gasteiger partial charge is 0.355 e. The predicted octanol–water partition coefficient (Wildman–Crippen LogP) is 1.98. The minimum atomic E-state index is -0.753. The molecule has 0 atom stereocenters. The van der Waals surface area contributed by atoms with Gasteiger partial charge in [-0.2, -0.15) is 0 Å². The van der Waals surface area contributed by atoms with Crippen molar-refractivity contribution in [3.8, 4) is 0 Å². The quantitative estimate of drug-likeness (QED) is 0.412. The van der Waals surface area contributed by atoms with Crippen LogP contribution in [-0.2, 0) is 23.8 Å². The average molecular weight is 405 g/mol. The lowest BCUT2D eigenvalue weighted by Crippen LogP contribution is -2.39. The molecule has 0 aromatic heterocycles. The Bertz CT molecular complexity index is 846. The van der Waals surface area contributed by atoms with E-state index in [1.165, 1.54) is 25.2 Å². The molecule has 0 spiro atoms. The second-order valence-corrected chi connectivity index (χ2v) is 6.69. The van der Waals surface area contributed by atoms with Crippen LogP contribution in [0.5, 0.6) is 0 Å². The summed E-state index contributed by atoms with van der Waals surface area (Å²) >= 11 is 0. The van der Waals surface area contributed by atoms with Crippen LogP contribution < -0.4 is 9.80 Å². The number of esters is 2. The maximum absolute atomic E-state index is 12.4. The summed E-state index contributed by atoms with van der Waals surface area (Å²) in [6, 6.07) is 4.72. The van der Waals surface area contributed by atoms with Crippen molar-refractivity contribution >= 4 is 29.0 Å². The number of hydrogen-bond donors (Lipinski definition) is 0. The normalized spacial score (nSPS) is 17.2. The number of anilines is 2. The lowest BCUT2D eigenvalue weighted by molar-refractivity contribution is -0.384. The zero-order valence-electron chi connectivity index (χ0n) is 16.4. The summed E-state index contributed by atoms with van der Waals surface area (Å²) in [5, 5.41) is 11.7. The fourth-order valence-corrected chi connectivity index (χ4v) is 3.58. The second kappa shape index (κ2) is 8.91. The average Bonchev–Trinajstić information content (AvgIpc) is 2.77. The number of carbonyl (C=O) groups excluding carboxylic acids is 2. The molecule has 0 aliphatic carbocycles. The van der Waals surface area contributed by atoms with Crippen molar-refractivity contribution in [1.82, 2.24) is 0 Å². The Labute approximate surface area is 167 Å². The summed E-state index contributed by atoms with van der Waals surface area (Å²) in [6.07, 6.45) is 3.07. The van der Waals surface area contributed by atoms with Crippen LogP contribution in [0.3, 0.4) is 0 Å². The fourth-order valence-electron chi connectivity index (χ4n) is 3.58. The molecule has 2 aliphatic rings. The molecule has 0 unspecified atom stereocenters. The van der Waals surface area contributed by atoms with Gasteiger partial charge in [-0.05, 0) is 31.4 Å². The van der Waals surface area contributed by atoms with Crippen molar-refractivity contribution in [1.29, 1.82) is 0 Å². The van der Waals surface area contributed by atoms with Crippen LogP contribution in [-0.4, -0.2) is 57.5 Å². The van der Waals surface area contributed by atoms with Crippen LogP contribution >= 0.6 is 0 Å².